The number of carboxylic acid groups (broad SMARTS) is 4. The van der Waals surface area contributed by atoms with Crippen LogP contribution in [0.15, 0.2) is 309 Å². The lowest BCUT2D eigenvalue weighted by Gasteiger charge is -2.40. The second kappa shape index (κ2) is 45.7. The first kappa shape index (κ1) is 105. The number of aromatic carboxylic acids is 1. The number of nitrogens with zero attached hydrogens (tertiary/aromatic N) is 6. The molecule has 728 valence electrons. The largest absolute Gasteiger partial charge is 0.509 e. The molecule has 3 aliphatic carbocycles. The number of para-hydroxylation sites is 1. The van der Waals surface area contributed by atoms with Gasteiger partial charge in [-0.15, -0.1) is 45.8 Å². The number of aliphatic carboxylic acids is 3. The molecular formula is C100H89ClFN9O23S7. The van der Waals surface area contributed by atoms with Crippen molar-refractivity contribution in [2.45, 2.75) is 76.2 Å². The van der Waals surface area contributed by atoms with Gasteiger partial charge in [-0.3, -0.25) is 51.2 Å². The maximum absolute atomic E-state index is 13.7. The number of benzene rings is 6. The fraction of sp³-hybridized carbons (Fsp3) is 0.160. The number of thiophene rings is 3. The number of hydrogen-bond donors (Lipinski definition) is 10. The third-order valence-corrected chi connectivity index (χ3v) is 32.2. The van der Waals surface area contributed by atoms with Crippen molar-refractivity contribution >= 4 is 193 Å². The van der Waals surface area contributed by atoms with Crippen molar-refractivity contribution in [1.29, 1.82) is 0 Å². The van der Waals surface area contributed by atoms with Gasteiger partial charge in [-0.2, -0.15) is 0 Å². The summed E-state index contributed by atoms with van der Waals surface area (Å²) in [7, 11) is -2.46. The molecule has 9 heterocycles. The van der Waals surface area contributed by atoms with Crippen LogP contribution in [0.4, 0.5) is 32.2 Å². The summed E-state index contributed by atoms with van der Waals surface area (Å²) in [5.41, 5.74) is 12.6. The quantitative estimate of drug-likeness (QED) is 0.0282. The van der Waals surface area contributed by atoms with E-state index in [0.717, 1.165) is 69.0 Å². The van der Waals surface area contributed by atoms with Gasteiger partial charge in [0.25, 0.3) is 27.7 Å². The predicted molar refractivity (Wildman–Crippen MR) is 538 cm³/mol. The molecule has 7 aliphatic rings. The lowest BCUT2D eigenvalue weighted by Crippen LogP contribution is -2.47. The number of ketones is 2. The first-order valence-corrected chi connectivity index (χ1v) is 50.6. The zero-order valence-corrected chi connectivity index (χ0v) is 82.2. The molecule has 5 amide bonds. The minimum atomic E-state index is -3.85. The molecule has 32 nitrogen and oxygen atoms in total. The topological polar surface area (TPSA) is 496 Å². The van der Waals surface area contributed by atoms with Crippen molar-refractivity contribution < 1.29 is 114 Å². The summed E-state index contributed by atoms with van der Waals surface area (Å²) < 4.78 is 81.9. The molecule has 0 spiro atoms. The van der Waals surface area contributed by atoms with Crippen LogP contribution in [-0.4, -0.2) is 186 Å². The van der Waals surface area contributed by atoms with E-state index in [1.165, 1.54) is 103 Å². The van der Waals surface area contributed by atoms with E-state index in [4.69, 9.17) is 42.5 Å². The zero-order valence-electron chi connectivity index (χ0n) is 75.8. The summed E-state index contributed by atoms with van der Waals surface area (Å²) in [6, 6.07) is 54.5. The lowest BCUT2D eigenvalue weighted by atomic mass is 9.95. The Bertz CT molecular complexity index is 7250. The molecule has 0 bridgehead atoms. The highest BCUT2D eigenvalue weighted by molar-refractivity contribution is 8.00. The van der Waals surface area contributed by atoms with Crippen molar-refractivity contribution in [3.05, 3.63) is 364 Å². The maximum Gasteiger partial charge on any atom is 0.339 e. The second-order valence-electron chi connectivity index (χ2n) is 31.4. The van der Waals surface area contributed by atoms with Crippen molar-refractivity contribution in [1.82, 2.24) is 18.6 Å². The van der Waals surface area contributed by atoms with Crippen LogP contribution in [0.5, 0.6) is 5.75 Å². The number of nitrogens with one attached hydrogen (secondary N) is 2. The first-order valence-electron chi connectivity index (χ1n) is 42.3. The molecule has 11 aromatic rings. The smallest absolute Gasteiger partial charge is 0.339 e. The minimum Gasteiger partial charge on any atom is -0.509 e. The number of methoxy groups -OCH3 is 1. The Kier molecular flexibility index (Phi) is 34.0. The number of ether oxygens (including phenoxy) is 1. The Hall–Kier alpha value is -15.0. The number of aromatic nitrogens is 2. The van der Waals surface area contributed by atoms with Crippen LogP contribution in [0.3, 0.4) is 0 Å². The van der Waals surface area contributed by atoms with Crippen molar-refractivity contribution in [2.24, 2.45) is 11.7 Å². The number of aromatic hydroxyl groups is 1. The minimum absolute atomic E-state index is 0.00751. The number of carboxylic acids is 4. The van der Waals surface area contributed by atoms with Gasteiger partial charge in [0.2, 0.25) is 15.8 Å². The van der Waals surface area contributed by atoms with Gasteiger partial charge in [-0.05, 0) is 210 Å². The normalized spacial score (nSPS) is 18.0. The highest BCUT2D eigenvalue weighted by Crippen LogP contribution is 2.48. The van der Waals surface area contributed by atoms with E-state index >= 15 is 0 Å². The van der Waals surface area contributed by atoms with Crippen LogP contribution in [0.2, 0.25) is 5.02 Å². The van der Waals surface area contributed by atoms with Gasteiger partial charge in [0, 0.05) is 75.8 Å². The number of phenols is 1. The van der Waals surface area contributed by atoms with Crippen molar-refractivity contribution in [3.63, 3.8) is 0 Å². The van der Waals surface area contributed by atoms with Crippen molar-refractivity contribution in [2.75, 3.05) is 54.9 Å². The number of carbonyl (C=O) groups is 10. The fourth-order valence-electron chi connectivity index (χ4n) is 15.2. The number of thioether (sulfide) groups is 1. The van der Waals surface area contributed by atoms with Crippen LogP contribution in [0.1, 0.15) is 118 Å². The molecule has 0 fully saturated rings. The third-order valence-electron chi connectivity index (χ3n) is 22.6. The zero-order chi connectivity index (χ0) is 102. The molecule has 18 rings (SSSR count). The number of allylic oxidation sites excluding steroid dienone is 6. The van der Waals surface area contributed by atoms with E-state index < -0.39 is 107 Å². The number of fused-ring (bicyclic) bond motifs is 6. The number of hydrogen-bond acceptors (Lipinski definition) is 26. The third kappa shape index (κ3) is 23.9. The van der Waals surface area contributed by atoms with Crippen molar-refractivity contribution in [3.8, 4) is 5.75 Å². The number of likely N-dealkylation sites (N-methyl/N-ethyl adjacent to an activating group) is 3. The number of rotatable bonds is 18. The lowest BCUT2D eigenvalue weighted by molar-refractivity contribution is -0.139. The van der Waals surface area contributed by atoms with Gasteiger partial charge < -0.3 is 61.7 Å². The summed E-state index contributed by atoms with van der Waals surface area (Å²) in [5.74, 6) is -9.01. The van der Waals surface area contributed by atoms with Crippen LogP contribution < -0.4 is 26.2 Å². The van der Waals surface area contributed by atoms with E-state index in [1.807, 2.05) is 67.6 Å². The number of carbonyl (C=O) groups excluding carboxylic acids is 6. The number of sulfonamides is 2. The van der Waals surface area contributed by atoms with Gasteiger partial charge >= 0.3 is 29.9 Å². The number of Topliss-reactive ketones (excluding diaryl/α,β-unsaturated/α-hetero) is 1. The fourth-order valence-corrected chi connectivity index (χ4v) is 23.2. The monoisotopic (exact) mass is 2060 g/mol. The average molecular weight is 2060 g/mol. The Balaban J connectivity index is 0.000000149. The molecule has 0 saturated heterocycles. The maximum atomic E-state index is 13.7. The summed E-state index contributed by atoms with van der Waals surface area (Å²) in [6.45, 7) is 5.19. The molecule has 5 aromatic heterocycles. The average Bonchev–Trinajstić information content (AvgIpc) is 1.73. The molecule has 6 aromatic carbocycles. The molecular weight excluding hydrogens is 1970 g/mol. The SMILES string of the molecule is CC(C(=O)O)c1ccc(C(=O)c2ccccc2)s1.CC1=C(CC(=O)O)c2cc(F)ccc2/C1=C\c1ccc(S(C)=O)cc1.CN1C(C(=O)Nc2ccccn2)=C(O)C2C=CC=CC2S1(=O)=O.CN1C(C(=O)Nc2ccccn2)=C(O)c2sccc2S1(=O)=O.COC1=CC2Sc3ccc(C(C)C(=O)O)cc3N(C)C2C=C1.NC(=O)N1C(=O)C(C(=O)c2cccs2)c2cc(Cl)ccc21.O=C(O)c1ccccc1O. The number of pyridine rings is 2. The number of primary amides is 1. The number of anilines is 4. The molecule has 11 N–H and O–H groups in total. The Labute approximate surface area is 831 Å². The Morgan fingerprint density at radius 2 is 1.32 bits per heavy atom. The molecule has 8 atom stereocenters. The second-order valence-corrected chi connectivity index (χ2v) is 41.5. The van der Waals surface area contributed by atoms with Gasteiger partial charge in [0.1, 0.15) is 56.3 Å². The Morgan fingerprint density at radius 3 is 1.91 bits per heavy atom. The summed E-state index contributed by atoms with van der Waals surface area (Å²) in [4.78, 5) is 132. The Morgan fingerprint density at radius 1 is 0.674 bits per heavy atom. The predicted octanol–water partition coefficient (Wildman–Crippen LogP) is 17.5. The highest BCUT2D eigenvalue weighted by atomic mass is 35.5. The molecule has 0 radical (unpaired) electrons. The molecule has 141 heavy (non-hydrogen) atoms. The number of nitrogens with two attached hydrogens (primary N) is 1. The number of imide groups is 1. The number of aliphatic hydroxyl groups is 2. The van der Waals surface area contributed by atoms with E-state index in [1.54, 1.807) is 177 Å². The van der Waals surface area contributed by atoms with Gasteiger partial charge in [-0.25, -0.2) is 45.7 Å². The van der Waals surface area contributed by atoms with Gasteiger partial charge in [-0.1, -0.05) is 127 Å². The van der Waals surface area contributed by atoms with E-state index in [-0.39, 0.29) is 85.5 Å². The molecule has 8 unspecified atom stereocenters. The number of halogens is 2. The summed E-state index contributed by atoms with van der Waals surface area (Å²) >= 11 is 11.3. The highest BCUT2D eigenvalue weighted by Gasteiger charge is 2.48. The standard InChI is InChI=1S/C20H17FO3S.C17H19NO3S.C15H15N3O4S.C14H9ClN2O3S.C14H12O3S.C13H11N3O4S2.C7H6O3/c1-12-17(9-13-3-6-15(7-4-13)25(2)24)16-8-5-14(21)10-19(16)18(12)11-20(22)23;1-10(17(19)20)11-4-7-15-14(8-11)18(2)13-6-5-12(21-3)9-16(13)22-15;1-18-13(15(20)17-12-8-4-5-9-16-12)14(19)10-6-2-3-7-11(10)23(18,21)22;15-7-3-4-9-8(6-7)11(13(19)17(9)14(16)20)12(18)10-2-1-5-21-10;1-9(14(16)17)11-7-8-12(18-11)13(15)10-5-3-2-4-6-10;1-16-10(13(18)15-9-4-2-3-6-14-9)11(17)12-8(5-7-21-12)22(16,19)20;8-6-4-2-1-3-5(6)7(9)10/h3-10H,11H2,1-2H3,(H,22,23);4-10,13,16H,1-3H3,(H,19,20);2-11,19H,1H3,(H,16,17,20);1-6,11H,(H2,16,20);2-9H,1H3,(H,16,17);2-7,17H,1H3,(H,14,15,18);1-4,8H,(H,9,10)/b17-9-;;;;;;. The summed E-state index contributed by atoms with van der Waals surface area (Å²) in [6.07, 6.45) is 19.0. The van der Waals surface area contributed by atoms with Crippen LogP contribution in [0.25, 0.3) is 23.0 Å². The van der Waals surface area contributed by atoms with Gasteiger partial charge in [0.15, 0.2) is 22.9 Å². The van der Waals surface area contributed by atoms with Crippen LogP contribution in [-0.2, 0) is 64.4 Å². The van der Waals surface area contributed by atoms with E-state index in [9.17, 15) is 88.7 Å². The molecule has 4 aliphatic heterocycles. The van der Waals surface area contributed by atoms with Gasteiger partial charge in [0.05, 0.1) is 68.6 Å². The first-order chi connectivity index (χ1) is 67.0. The van der Waals surface area contributed by atoms with Crippen LogP contribution >= 0.6 is 57.4 Å². The van der Waals surface area contributed by atoms with E-state index in [2.05, 4.69) is 44.7 Å². The molecule has 41 heteroatoms. The van der Waals surface area contributed by atoms with Crippen LogP contribution in [0, 0.1) is 11.7 Å². The number of urea groups is 1. The molecule has 0 saturated carbocycles. The van der Waals surface area contributed by atoms with E-state index in [0.29, 0.717) is 52.9 Å². The number of aliphatic hydroxyl groups excluding tert-OH is 2. The number of amides is 5. The summed E-state index contributed by atoms with van der Waals surface area (Å²) in [5, 5.41) is 73.3.